The second kappa shape index (κ2) is 7.75. The number of hydrogen-bond acceptors (Lipinski definition) is 4. The van der Waals surface area contributed by atoms with Crippen molar-refractivity contribution < 1.29 is 4.79 Å². The third-order valence-corrected chi connectivity index (χ3v) is 5.80. The van der Waals surface area contributed by atoms with Crippen molar-refractivity contribution in [2.24, 2.45) is 0 Å². The van der Waals surface area contributed by atoms with E-state index in [0.29, 0.717) is 17.8 Å². The van der Waals surface area contributed by atoms with Gasteiger partial charge >= 0.3 is 0 Å². The predicted octanol–water partition coefficient (Wildman–Crippen LogP) is 4.21. The van der Waals surface area contributed by atoms with E-state index >= 15 is 0 Å². The van der Waals surface area contributed by atoms with Gasteiger partial charge < -0.3 is 5.32 Å². The molecule has 5 heteroatoms. The Hall–Kier alpha value is -2.94. The highest BCUT2D eigenvalue weighted by atomic mass is 32.1. The first-order valence-electron chi connectivity index (χ1n) is 8.90. The smallest absolute Gasteiger partial charge is 0.238 e. The lowest BCUT2D eigenvalue weighted by molar-refractivity contribution is -0.117. The number of nitrogens with one attached hydrogen (secondary N) is 1. The summed E-state index contributed by atoms with van der Waals surface area (Å²) in [6.45, 7) is 1.16. The molecule has 3 aromatic rings. The van der Waals surface area contributed by atoms with Crippen LogP contribution in [-0.4, -0.2) is 23.9 Å². The molecule has 0 bridgehead atoms. The quantitative estimate of drug-likeness (QED) is 0.745. The van der Waals surface area contributed by atoms with Crippen molar-refractivity contribution in [2.75, 3.05) is 18.4 Å². The Kier molecular flexibility index (Phi) is 5.01. The summed E-state index contributed by atoms with van der Waals surface area (Å²) in [4.78, 5) is 16.3. The number of nitriles is 1. The number of carbonyl (C=O) groups excluding carboxylic acids is 1. The van der Waals surface area contributed by atoms with Crippen LogP contribution in [0.1, 0.15) is 27.6 Å². The summed E-state index contributed by atoms with van der Waals surface area (Å²) in [6, 6.07) is 21.7. The van der Waals surface area contributed by atoms with Crippen molar-refractivity contribution in [3.63, 3.8) is 0 Å². The third-order valence-electron chi connectivity index (χ3n) is 4.80. The van der Waals surface area contributed by atoms with E-state index in [1.165, 1.54) is 16.0 Å². The van der Waals surface area contributed by atoms with Crippen LogP contribution < -0.4 is 5.32 Å². The summed E-state index contributed by atoms with van der Waals surface area (Å²) < 4.78 is 0. The average molecular weight is 373 g/mol. The summed E-state index contributed by atoms with van der Waals surface area (Å²) in [5, 5.41) is 14.1. The maximum atomic E-state index is 12.7. The van der Waals surface area contributed by atoms with Gasteiger partial charge in [0.2, 0.25) is 5.91 Å². The summed E-state index contributed by atoms with van der Waals surface area (Å²) in [5.41, 5.74) is 3.70. The number of fused-ring (bicyclic) bond motifs is 1. The molecule has 0 fully saturated rings. The maximum Gasteiger partial charge on any atom is 0.238 e. The Morgan fingerprint density at radius 3 is 2.85 bits per heavy atom. The molecule has 1 aromatic heterocycles. The van der Waals surface area contributed by atoms with Gasteiger partial charge in [0.15, 0.2) is 0 Å². The van der Waals surface area contributed by atoms with Crippen LogP contribution in [0.25, 0.3) is 0 Å². The molecule has 4 nitrogen and oxygen atoms in total. The molecular weight excluding hydrogens is 354 g/mol. The molecule has 2 heterocycles. The number of hydrogen-bond donors (Lipinski definition) is 1. The van der Waals surface area contributed by atoms with Gasteiger partial charge in [0.05, 0.1) is 24.2 Å². The van der Waals surface area contributed by atoms with Gasteiger partial charge in [0.25, 0.3) is 0 Å². The highest BCUT2D eigenvalue weighted by molar-refractivity contribution is 7.10. The van der Waals surface area contributed by atoms with E-state index in [-0.39, 0.29) is 11.9 Å². The van der Waals surface area contributed by atoms with Gasteiger partial charge in [-0.2, -0.15) is 5.26 Å². The van der Waals surface area contributed by atoms with Crippen molar-refractivity contribution >= 4 is 22.9 Å². The molecule has 0 saturated heterocycles. The zero-order chi connectivity index (χ0) is 18.6. The van der Waals surface area contributed by atoms with Crippen LogP contribution in [0.5, 0.6) is 0 Å². The van der Waals surface area contributed by atoms with Gasteiger partial charge in [0.1, 0.15) is 0 Å². The van der Waals surface area contributed by atoms with Crippen LogP contribution in [0.3, 0.4) is 0 Å². The van der Waals surface area contributed by atoms with Gasteiger partial charge in [-0.3, -0.25) is 9.69 Å². The van der Waals surface area contributed by atoms with Crippen LogP contribution >= 0.6 is 11.3 Å². The number of carbonyl (C=O) groups is 1. The van der Waals surface area contributed by atoms with Crippen LogP contribution in [0.2, 0.25) is 0 Å². The monoisotopic (exact) mass is 373 g/mol. The van der Waals surface area contributed by atoms with Gasteiger partial charge in [-0.15, -0.1) is 11.3 Å². The fraction of sp³-hybridized carbons (Fsp3) is 0.182. The van der Waals surface area contributed by atoms with Gasteiger partial charge in [0, 0.05) is 17.1 Å². The summed E-state index contributed by atoms with van der Waals surface area (Å²) in [7, 11) is 0. The lowest BCUT2D eigenvalue weighted by Gasteiger charge is -2.35. The molecule has 4 rings (SSSR count). The fourth-order valence-electron chi connectivity index (χ4n) is 3.62. The molecule has 27 heavy (non-hydrogen) atoms. The molecule has 0 unspecified atom stereocenters. The first-order valence-corrected chi connectivity index (χ1v) is 9.78. The number of nitrogens with zero attached hydrogens (tertiary/aromatic N) is 2. The molecule has 0 spiro atoms. The minimum absolute atomic E-state index is 0.0651. The largest absolute Gasteiger partial charge is 0.325 e. The number of amides is 1. The molecule has 0 aliphatic carbocycles. The molecule has 1 atom stereocenters. The SMILES string of the molecule is N#Cc1cccc(NC(=O)CN2CCc3sccc3[C@@H]2c2ccccc2)c1. The van der Waals surface area contributed by atoms with Gasteiger partial charge in [-0.1, -0.05) is 36.4 Å². The Morgan fingerprint density at radius 2 is 2.04 bits per heavy atom. The third kappa shape index (κ3) is 3.77. The van der Waals surface area contributed by atoms with Crippen molar-refractivity contribution in [1.29, 1.82) is 5.26 Å². The average Bonchev–Trinajstić information content (AvgIpc) is 3.17. The molecule has 134 valence electrons. The zero-order valence-electron chi connectivity index (χ0n) is 14.8. The minimum atomic E-state index is -0.0651. The Labute approximate surface area is 162 Å². The second-order valence-electron chi connectivity index (χ2n) is 6.57. The fourth-order valence-corrected chi connectivity index (χ4v) is 4.52. The normalized spacial score (nSPS) is 16.3. The maximum absolute atomic E-state index is 12.7. The summed E-state index contributed by atoms with van der Waals surface area (Å²) >= 11 is 1.79. The van der Waals surface area contributed by atoms with Crippen molar-refractivity contribution in [2.45, 2.75) is 12.5 Å². The summed E-state index contributed by atoms with van der Waals surface area (Å²) in [6.07, 6.45) is 0.966. The first kappa shape index (κ1) is 17.5. The Balaban J connectivity index is 1.55. The van der Waals surface area contributed by atoms with Crippen molar-refractivity contribution in [3.05, 3.63) is 87.6 Å². The lowest BCUT2D eigenvalue weighted by atomic mass is 9.93. The van der Waals surface area contributed by atoms with E-state index in [2.05, 4.69) is 39.9 Å². The molecule has 1 amide bonds. The van der Waals surface area contributed by atoms with Crippen LogP contribution in [0.4, 0.5) is 5.69 Å². The minimum Gasteiger partial charge on any atom is -0.325 e. The van der Waals surface area contributed by atoms with E-state index in [9.17, 15) is 4.79 Å². The van der Waals surface area contributed by atoms with Crippen LogP contribution in [0.15, 0.2) is 66.0 Å². The van der Waals surface area contributed by atoms with Crippen LogP contribution in [0, 0.1) is 11.3 Å². The Morgan fingerprint density at radius 1 is 1.19 bits per heavy atom. The number of anilines is 1. The van der Waals surface area contributed by atoms with E-state index in [4.69, 9.17) is 5.26 Å². The van der Waals surface area contributed by atoms with E-state index in [0.717, 1.165) is 13.0 Å². The summed E-state index contributed by atoms with van der Waals surface area (Å²) in [5.74, 6) is -0.0651. The highest BCUT2D eigenvalue weighted by Crippen LogP contribution is 2.37. The molecule has 2 aromatic carbocycles. The van der Waals surface area contributed by atoms with Gasteiger partial charge in [-0.05, 0) is 47.2 Å². The van der Waals surface area contributed by atoms with E-state index < -0.39 is 0 Å². The van der Waals surface area contributed by atoms with E-state index in [1.807, 2.05) is 18.2 Å². The number of rotatable bonds is 4. The van der Waals surface area contributed by atoms with Crippen LogP contribution in [-0.2, 0) is 11.2 Å². The molecule has 1 N–H and O–H groups in total. The lowest BCUT2D eigenvalue weighted by Crippen LogP contribution is -2.40. The molecular formula is C22H19N3OS. The molecule has 1 aliphatic heterocycles. The van der Waals surface area contributed by atoms with E-state index in [1.54, 1.807) is 35.6 Å². The van der Waals surface area contributed by atoms with Gasteiger partial charge in [-0.25, -0.2) is 0 Å². The molecule has 1 aliphatic rings. The standard InChI is InChI=1S/C22H19N3OS/c23-14-16-5-4-8-18(13-16)24-21(26)15-25-11-9-20-19(10-12-27-20)22(25)17-6-2-1-3-7-17/h1-8,10,12-13,22H,9,11,15H2,(H,24,26)/t22-/m0/s1. The topological polar surface area (TPSA) is 56.1 Å². The molecule has 0 radical (unpaired) electrons. The zero-order valence-corrected chi connectivity index (χ0v) is 15.6. The van der Waals surface area contributed by atoms with Crippen molar-refractivity contribution in [3.8, 4) is 6.07 Å². The number of thiophene rings is 1. The Bertz CT molecular complexity index is 990. The first-order chi connectivity index (χ1) is 13.2. The molecule has 0 saturated carbocycles. The van der Waals surface area contributed by atoms with Crippen molar-refractivity contribution in [1.82, 2.24) is 4.90 Å². The second-order valence-corrected chi connectivity index (χ2v) is 7.57. The number of benzene rings is 2. The highest BCUT2D eigenvalue weighted by Gasteiger charge is 2.30. The predicted molar refractivity (Wildman–Crippen MR) is 108 cm³/mol.